The van der Waals surface area contributed by atoms with Gasteiger partial charge in [-0.15, -0.1) is 12.4 Å². The maximum absolute atomic E-state index is 15.3. The minimum absolute atomic E-state index is 0. The number of piperidine rings is 1. The van der Waals surface area contributed by atoms with E-state index >= 15 is 4.39 Å². The van der Waals surface area contributed by atoms with Crippen LogP contribution in [0.15, 0.2) is 18.2 Å². The van der Waals surface area contributed by atoms with Crippen molar-refractivity contribution in [1.29, 1.82) is 0 Å². The van der Waals surface area contributed by atoms with Gasteiger partial charge in [0.1, 0.15) is 5.82 Å². The highest BCUT2D eigenvalue weighted by Gasteiger charge is 2.36. The van der Waals surface area contributed by atoms with Crippen molar-refractivity contribution in [1.82, 2.24) is 15.6 Å². The molecular formula is C28H37ClFN5O2. The Morgan fingerprint density at radius 1 is 1.14 bits per heavy atom. The Hall–Kier alpha value is -2.68. The molecule has 9 heteroatoms. The summed E-state index contributed by atoms with van der Waals surface area (Å²) in [5.41, 5.74) is 10.5. The van der Waals surface area contributed by atoms with E-state index in [2.05, 4.69) is 15.6 Å². The molecule has 7 nitrogen and oxygen atoms in total. The summed E-state index contributed by atoms with van der Waals surface area (Å²) in [6.07, 6.45) is 7.24. The lowest BCUT2D eigenvalue weighted by Crippen LogP contribution is -2.43. The third-order valence-corrected chi connectivity index (χ3v) is 7.87. The average Bonchev–Trinajstić information content (AvgIpc) is 3.30. The van der Waals surface area contributed by atoms with E-state index < -0.39 is 11.7 Å². The minimum atomic E-state index is -0.608. The summed E-state index contributed by atoms with van der Waals surface area (Å²) in [6.45, 7) is 6.15. The molecule has 1 aromatic carbocycles. The number of hydrogen-bond donors (Lipinski definition) is 4. The molecule has 200 valence electrons. The molecule has 0 atom stereocenters. The fourth-order valence-corrected chi connectivity index (χ4v) is 5.77. The Morgan fingerprint density at radius 3 is 2.49 bits per heavy atom. The molecule has 0 radical (unpaired) electrons. The molecule has 1 saturated heterocycles. The van der Waals surface area contributed by atoms with Crippen LogP contribution in [0.3, 0.4) is 0 Å². The smallest absolute Gasteiger partial charge is 0.259 e. The van der Waals surface area contributed by atoms with Crippen molar-refractivity contribution in [2.45, 2.75) is 64.5 Å². The first-order valence-corrected chi connectivity index (χ1v) is 13.1. The number of anilines is 1. The van der Waals surface area contributed by atoms with Crippen LogP contribution in [0.25, 0.3) is 11.6 Å². The van der Waals surface area contributed by atoms with E-state index in [1.807, 2.05) is 26.0 Å². The number of nitrogens with zero attached hydrogens (tertiary/aromatic N) is 1. The van der Waals surface area contributed by atoms with Gasteiger partial charge in [-0.25, -0.2) is 4.39 Å². The third kappa shape index (κ3) is 5.76. The highest BCUT2D eigenvalue weighted by atomic mass is 35.5. The lowest BCUT2D eigenvalue weighted by molar-refractivity contribution is -0.113. The number of rotatable bonds is 5. The van der Waals surface area contributed by atoms with Crippen LogP contribution in [-0.4, -0.2) is 48.5 Å². The second kappa shape index (κ2) is 11.4. The van der Waals surface area contributed by atoms with Crippen LogP contribution < -0.4 is 21.3 Å². The monoisotopic (exact) mass is 529 g/mol. The molecule has 37 heavy (non-hydrogen) atoms. The van der Waals surface area contributed by atoms with Crippen molar-refractivity contribution in [3.8, 4) is 0 Å². The summed E-state index contributed by atoms with van der Waals surface area (Å²) >= 11 is 0. The third-order valence-electron chi connectivity index (χ3n) is 7.87. The summed E-state index contributed by atoms with van der Waals surface area (Å²) in [4.78, 5) is 31.8. The van der Waals surface area contributed by atoms with Gasteiger partial charge in [-0.2, -0.15) is 0 Å². The van der Waals surface area contributed by atoms with Crippen molar-refractivity contribution >= 4 is 41.6 Å². The molecule has 2 aliphatic heterocycles. The van der Waals surface area contributed by atoms with Gasteiger partial charge in [0.05, 0.1) is 16.8 Å². The fourth-order valence-electron chi connectivity index (χ4n) is 5.77. The van der Waals surface area contributed by atoms with Crippen molar-refractivity contribution in [2.24, 2.45) is 11.7 Å². The molecule has 3 heterocycles. The zero-order valence-electron chi connectivity index (χ0n) is 21.5. The number of nitrogens with one attached hydrogen (secondary N) is 3. The summed E-state index contributed by atoms with van der Waals surface area (Å²) in [6, 6.07) is 5.19. The van der Waals surface area contributed by atoms with Gasteiger partial charge in [0.25, 0.3) is 11.8 Å². The SMILES string of the molecule is Cc1cc(C)c(/C=C2\C(=O)N(CC3CCC(N)CC3)c3cc(C(=O)NC4CCNCC4)c(F)cc32)[nH]1.Cl. The maximum atomic E-state index is 15.3. The van der Waals surface area contributed by atoms with Gasteiger partial charge in [-0.1, -0.05) is 0 Å². The van der Waals surface area contributed by atoms with Gasteiger partial charge in [-0.05, 0) is 101 Å². The largest absolute Gasteiger partial charge is 0.359 e. The van der Waals surface area contributed by atoms with E-state index in [9.17, 15) is 9.59 Å². The summed E-state index contributed by atoms with van der Waals surface area (Å²) in [7, 11) is 0. The molecule has 1 aromatic heterocycles. The van der Waals surface area contributed by atoms with Crippen molar-refractivity contribution < 1.29 is 14.0 Å². The number of aryl methyl sites for hydroxylation is 2. The van der Waals surface area contributed by atoms with Crippen molar-refractivity contribution in [3.05, 3.63) is 52.1 Å². The number of H-pyrrole nitrogens is 1. The van der Waals surface area contributed by atoms with Gasteiger partial charge < -0.3 is 26.3 Å². The molecule has 5 N–H and O–H groups in total. The maximum Gasteiger partial charge on any atom is 0.259 e. The molecule has 0 bridgehead atoms. The van der Waals surface area contributed by atoms with E-state index in [0.29, 0.717) is 29.3 Å². The van der Waals surface area contributed by atoms with Gasteiger partial charge in [-0.3, -0.25) is 9.59 Å². The number of aromatic nitrogens is 1. The standard InChI is InChI=1S/C28H36FN5O2.ClH/c1-16-11-17(2)32-25(16)13-22-21-12-24(29)23(27(35)33-20-7-9-31-10-8-20)14-26(21)34(28(22)36)15-18-3-5-19(30)6-4-18;/h11-14,18-20,31-32H,3-10,15,30H2,1-2H3,(H,33,35);1H/b22-13-;. The van der Waals surface area contributed by atoms with Crippen molar-refractivity contribution in [3.63, 3.8) is 0 Å². The Balaban J connectivity index is 0.00000320. The normalized spacial score (nSPS) is 23.2. The molecule has 1 saturated carbocycles. The number of hydrogen-bond acceptors (Lipinski definition) is 4. The number of fused-ring (bicyclic) bond motifs is 1. The highest BCUT2D eigenvalue weighted by Crippen LogP contribution is 2.41. The van der Waals surface area contributed by atoms with E-state index in [1.54, 1.807) is 11.0 Å². The first-order chi connectivity index (χ1) is 17.3. The quantitative estimate of drug-likeness (QED) is 0.438. The number of carbonyl (C=O) groups is 2. The second-order valence-corrected chi connectivity index (χ2v) is 10.7. The Labute approximate surface area is 223 Å². The molecule has 1 aliphatic carbocycles. The van der Waals surface area contributed by atoms with Gasteiger partial charge in [0, 0.05) is 35.6 Å². The molecule has 5 rings (SSSR count). The molecule has 2 fully saturated rings. The fraction of sp³-hybridized carbons (Fsp3) is 0.500. The van der Waals surface area contributed by atoms with E-state index in [-0.39, 0.29) is 36.0 Å². The Morgan fingerprint density at radius 2 is 1.84 bits per heavy atom. The Bertz CT molecular complexity index is 1200. The lowest BCUT2D eigenvalue weighted by atomic mass is 9.86. The minimum Gasteiger partial charge on any atom is -0.359 e. The average molecular weight is 530 g/mol. The molecule has 0 unspecified atom stereocenters. The van der Waals surface area contributed by atoms with Gasteiger partial charge in [0.15, 0.2) is 0 Å². The number of carbonyl (C=O) groups excluding carboxylic acids is 2. The van der Waals surface area contributed by atoms with Crippen molar-refractivity contribution in [2.75, 3.05) is 24.5 Å². The molecule has 3 aliphatic rings. The summed E-state index contributed by atoms with van der Waals surface area (Å²) in [5, 5.41) is 6.25. The first-order valence-electron chi connectivity index (χ1n) is 13.1. The van der Waals surface area contributed by atoms with E-state index in [0.717, 1.165) is 68.6 Å². The van der Waals surface area contributed by atoms with Gasteiger partial charge in [0.2, 0.25) is 0 Å². The molecule has 0 spiro atoms. The van der Waals surface area contributed by atoms with Gasteiger partial charge >= 0.3 is 0 Å². The molecule has 2 aromatic rings. The van der Waals surface area contributed by atoms with Crippen LogP contribution in [0.1, 0.15) is 71.4 Å². The number of nitrogens with two attached hydrogens (primary N) is 1. The van der Waals surface area contributed by atoms with E-state index in [1.165, 1.54) is 6.07 Å². The summed E-state index contributed by atoms with van der Waals surface area (Å²) < 4.78 is 15.3. The zero-order chi connectivity index (χ0) is 25.4. The number of benzene rings is 1. The summed E-state index contributed by atoms with van der Waals surface area (Å²) in [5.74, 6) is -0.857. The lowest BCUT2D eigenvalue weighted by Gasteiger charge is -2.30. The highest BCUT2D eigenvalue weighted by molar-refractivity contribution is 6.36. The number of amides is 2. The van der Waals surface area contributed by atoms with Crippen LogP contribution >= 0.6 is 12.4 Å². The van der Waals surface area contributed by atoms with Crippen LogP contribution in [-0.2, 0) is 4.79 Å². The molecule has 2 amide bonds. The van der Waals surface area contributed by atoms with Crippen LogP contribution in [0.4, 0.5) is 10.1 Å². The van der Waals surface area contributed by atoms with Crippen LogP contribution in [0, 0.1) is 25.6 Å². The number of halogens is 2. The predicted octanol–water partition coefficient (Wildman–Crippen LogP) is 4.08. The topological polar surface area (TPSA) is 103 Å². The van der Waals surface area contributed by atoms with E-state index in [4.69, 9.17) is 5.73 Å². The first kappa shape index (κ1) is 27.4. The zero-order valence-corrected chi connectivity index (χ0v) is 22.3. The second-order valence-electron chi connectivity index (χ2n) is 10.7. The van der Waals surface area contributed by atoms with Crippen LogP contribution in [0.5, 0.6) is 0 Å². The predicted molar refractivity (Wildman–Crippen MR) is 147 cm³/mol. The Kier molecular flexibility index (Phi) is 8.41. The number of aromatic amines is 1. The van der Waals surface area contributed by atoms with Crippen LogP contribution in [0.2, 0.25) is 0 Å². The molecular weight excluding hydrogens is 493 g/mol.